The smallest absolute Gasteiger partial charge is 0.187 e. The van der Waals surface area contributed by atoms with Gasteiger partial charge in [0, 0.05) is 12.0 Å². The molecule has 1 aromatic carbocycles. The highest BCUT2D eigenvalue weighted by atomic mass is 35.5. The lowest BCUT2D eigenvalue weighted by Crippen LogP contribution is -2.47. The van der Waals surface area contributed by atoms with Crippen molar-refractivity contribution in [3.63, 3.8) is 0 Å². The molecule has 0 saturated carbocycles. The standard InChI is InChI=1S/C15H18Cl2O5/c1-14(2)21-12(13(19)22-14)15(3,20)7-11(18)8-4-5-9(16)10(17)6-8/h4-6,12-13,19-20H,7H2,1-3H3/t12-,13+,15+/m0/s1. The number of hydrogen-bond donors (Lipinski definition) is 2. The number of halogens is 2. The van der Waals surface area contributed by atoms with E-state index in [4.69, 9.17) is 32.7 Å². The molecule has 0 aliphatic carbocycles. The molecular weight excluding hydrogens is 331 g/mol. The van der Waals surface area contributed by atoms with Crippen molar-refractivity contribution < 1.29 is 24.5 Å². The van der Waals surface area contributed by atoms with Crippen molar-refractivity contribution in [1.82, 2.24) is 0 Å². The minimum Gasteiger partial charge on any atom is -0.387 e. The highest BCUT2D eigenvalue weighted by Crippen LogP contribution is 2.35. The van der Waals surface area contributed by atoms with E-state index in [1.54, 1.807) is 13.8 Å². The van der Waals surface area contributed by atoms with E-state index in [9.17, 15) is 15.0 Å². The van der Waals surface area contributed by atoms with Crippen molar-refractivity contribution in [1.29, 1.82) is 0 Å². The summed E-state index contributed by atoms with van der Waals surface area (Å²) in [4.78, 5) is 12.3. The van der Waals surface area contributed by atoms with Gasteiger partial charge in [0.25, 0.3) is 0 Å². The fraction of sp³-hybridized carbons (Fsp3) is 0.533. The van der Waals surface area contributed by atoms with Crippen LogP contribution in [0.1, 0.15) is 37.6 Å². The van der Waals surface area contributed by atoms with Crippen LogP contribution in [0.3, 0.4) is 0 Å². The Balaban J connectivity index is 2.14. The van der Waals surface area contributed by atoms with Crippen molar-refractivity contribution in [2.75, 3.05) is 0 Å². The van der Waals surface area contributed by atoms with Crippen LogP contribution in [0.2, 0.25) is 10.0 Å². The summed E-state index contributed by atoms with van der Waals surface area (Å²) in [5.74, 6) is -1.37. The Morgan fingerprint density at radius 1 is 1.32 bits per heavy atom. The van der Waals surface area contributed by atoms with Crippen LogP contribution in [0.4, 0.5) is 0 Å². The highest BCUT2D eigenvalue weighted by molar-refractivity contribution is 6.42. The molecule has 1 saturated heterocycles. The summed E-state index contributed by atoms with van der Waals surface area (Å²) in [6.45, 7) is 4.65. The van der Waals surface area contributed by atoms with Crippen LogP contribution in [0.25, 0.3) is 0 Å². The van der Waals surface area contributed by atoms with Gasteiger partial charge in [-0.1, -0.05) is 23.2 Å². The zero-order valence-electron chi connectivity index (χ0n) is 12.5. The summed E-state index contributed by atoms with van der Waals surface area (Å²) in [6, 6.07) is 4.48. The van der Waals surface area contributed by atoms with E-state index in [0.717, 1.165) is 0 Å². The minimum absolute atomic E-state index is 0.258. The summed E-state index contributed by atoms with van der Waals surface area (Å²) < 4.78 is 10.7. The molecule has 0 bridgehead atoms. The van der Waals surface area contributed by atoms with Crippen molar-refractivity contribution in [3.05, 3.63) is 33.8 Å². The lowest BCUT2D eigenvalue weighted by Gasteiger charge is -2.30. The first-order valence-electron chi connectivity index (χ1n) is 6.76. The van der Waals surface area contributed by atoms with Crippen LogP contribution in [-0.4, -0.2) is 39.8 Å². The second kappa shape index (κ2) is 6.07. The Morgan fingerprint density at radius 2 is 1.95 bits per heavy atom. The number of carbonyl (C=O) groups excluding carboxylic acids is 1. The average molecular weight is 349 g/mol. The van der Waals surface area contributed by atoms with E-state index in [-0.39, 0.29) is 17.2 Å². The SMILES string of the molecule is CC1(C)O[C@@H](O)[C@@H]([C@](C)(O)CC(=O)c2ccc(Cl)c(Cl)c2)O1. The number of ketones is 1. The van der Waals surface area contributed by atoms with Gasteiger partial charge in [-0.3, -0.25) is 4.79 Å². The minimum atomic E-state index is -1.60. The molecule has 0 aromatic heterocycles. The number of benzene rings is 1. The summed E-state index contributed by atoms with van der Waals surface area (Å²) in [7, 11) is 0. The molecule has 7 heteroatoms. The Morgan fingerprint density at radius 3 is 2.45 bits per heavy atom. The number of Topliss-reactive ketones (excluding diaryl/α,β-unsaturated/α-hetero) is 1. The van der Waals surface area contributed by atoms with Crippen LogP contribution in [0.5, 0.6) is 0 Å². The lowest BCUT2D eigenvalue weighted by atomic mass is 9.90. The Kier molecular flexibility index (Phi) is 4.88. The summed E-state index contributed by atoms with van der Waals surface area (Å²) in [6.07, 6.45) is -2.60. The van der Waals surface area contributed by atoms with Crippen LogP contribution in [0.15, 0.2) is 18.2 Å². The van der Waals surface area contributed by atoms with Gasteiger partial charge in [-0.25, -0.2) is 0 Å². The molecular formula is C15H18Cl2O5. The van der Waals surface area contributed by atoms with Crippen molar-refractivity contribution in [2.45, 2.75) is 51.0 Å². The molecule has 0 spiro atoms. The maximum atomic E-state index is 12.3. The molecule has 22 heavy (non-hydrogen) atoms. The van der Waals surface area contributed by atoms with E-state index >= 15 is 0 Å². The van der Waals surface area contributed by atoms with Crippen molar-refractivity contribution in [2.24, 2.45) is 0 Å². The first kappa shape index (κ1) is 17.7. The number of hydrogen-bond acceptors (Lipinski definition) is 5. The van der Waals surface area contributed by atoms with Crippen LogP contribution >= 0.6 is 23.2 Å². The molecule has 0 radical (unpaired) electrons. The predicted octanol–water partition coefficient (Wildman–Crippen LogP) is 2.79. The third-order valence-electron chi connectivity index (χ3n) is 3.45. The van der Waals surface area contributed by atoms with E-state index in [0.29, 0.717) is 10.6 Å². The van der Waals surface area contributed by atoms with Gasteiger partial charge >= 0.3 is 0 Å². The van der Waals surface area contributed by atoms with Gasteiger partial charge in [-0.05, 0) is 39.0 Å². The topological polar surface area (TPSA) is 76.0 Å². The number of aliphatic hydroxyl groups is 2. The largest absolute Gasteiger partial charge is 0.387 e. The zero-order valence-corrected chi connectivity index (χ0v) is 14.0. The molecule has 2 rings (SSSR count). The maximum Gasteiger partial charge on any atom is 0.187 e. The quantitative estimate of drug-likeness (QED) is 0.818. The number of aliphatic hydroxyl groups excluding tert-OH is 1. The van der Waals surface area contributed by atoms with E-state index in [1.807, 2.05) is 0 Å². The zero-order chi connectivity index (χ0) is 16.7. The summed E-state index contributed by atoms with van der Waals surface area (Å²) in [5.41, 5.74) is -1.28. The second-order valence-corrected chi connectivity index (χ2v) is 6.85. The van der Waals surface area contributed by atoms with Crippen LogP contribution < -0.4 is 0 Å². The fourth-order valence-corrected chi connectivity index (χ4v) is 2.67. The molecule has 2 N–H and O–H groups in total. The molecule has 0 amide bonds. The van der Waals surface area contributed by atoms with E-state index in [1.165, 1.54) is 25.1 Å². The lowest BCUT2D eigenvalue weighted by molar-refractivity contribution is -0.177. The van der Waals surface area contributed by atoms with Crippen LogP contribution in [0, 0.1) is 0 Å². The van der Waals surface area contributed by atoms with Gasteiger partial charge in [0.15, 0.2) is 17.9 Å². The Hall–Kier alpha value is -0.690. The third kappa shape index (κ3) is 3.79. The monoisotopic (exact) mass is 348 g/mol. The van der Waals surface area contributed by atoms with Gasteiger partial charge in [0.05, 0.1) is 10.0 Å². The Bertz CT molecular complexity index is 585. The molecule has 1 aliphatic heterocycles. The van der Waals surface area contributed by atoms with Gasteiger partial charge in [0.2, 0.25) is 0 Å². The van der Waals surface area contributed by atoms with Crippen molar-refractivity contribution in [3.8, 4) is 0 Å². The molecule has 1 heterocycles. The van der Waals surface area contributed by atoms with Gasteiger partial charge < -0.3 is 19.7 Å². The first-order valence-corrected chi connectivity index (χ1v) is 7.52. The van der Waals surface area contributed by atoms with Gasteiger partial charge in [-0.15, -0.1) is 0 Å². The molecule has 1 aromatic rings. The highest BCUT2D eigenvalue weighted by Gasteiger charge is 2.50. The molecule has 1 aliphatic rings. The van der Waals surface area contributed by atoms with E-state index < -0.39 is 23.8 Å². The Labute approximate surface area is 138 Å². The molecule has 122 valence electrons. The normalized spacial score (nSPS) is 26.7. The molecule has 5 nitrogen and oxygen atoms in total. The molecule has 3 atom stereocenters. The molecule has 1 fully saturated rings. The van der Waals surface area contributed by atoms with Gasteiger partial charge in [-0.2, -0.15) is 0 Å². The van der Waals surface area contributed by atoms with Crippen molar-refractivity contribution >= 4 is 29.0 Å². The summed E-state index contributed by atoms with van der Waals surface area (Å²) >= 11 is 11.7. The maximum absolute atomic E-state index is 12.3. The average Bonchev–Trinajstić information content (AvgIpc) is 2.66. The second-order valence-electron chi connectivity index (χ2n) is 6.03. The number of carbonyl (C=O) groups is 1. The fourth-order valence-electron chi connectivity index (χ4n) is 2.38. The van der Waals surface area contributed by atoms with E-state index in [2.05, 4.69) is 0 Å². The third-order valence-corrected chi connectivity index (χ3v) is 4.19. The molecule has 0 unspecified atom stereocenters. The predicted molar refractivity (Wildman–Crippen MR) is 82.1 cm³/mol. The number of rotatable bonds is 4. The first-order chi connectivity index (χ1) is 10.0. The van der Waals surface area contributed by atoms with Crippen LogP contribution in [-0.2, 0) is 9.47 Å². The van der Waals surface area contributed by atoms with Gasteiger partial charge in [0.1, 0.15) is 11.7 Å². The number of ether oxygens (including phenoxy) is 2. The summed E-state index contributed by atoms with van der Waals surface area (Å²) in [5, 5.41) is 21.0.